The van der Waals surface area contributed by atoms with Gasteiger partial charge in [0.15, 0.2) is 0 Å². The van der Waals surface area contributed by atoms with Gasteiger partial charge in [-0.2, -0.15) is 5.10 Å². The predicted octanol–water partition coefficient (Wildman–Crippen LogP) is 0.479. The number of nitrogens with zero attached hydrogens (tertiary/aromatic N) is 2. The third kappa shape index (κ3) is 1.74. The standard InChI is InChI=1S/C10H15N3O2/c1-15-9(14)10(11)4-3-8(7-10)13-6-2-5-12-13/h2,5-6,8H,3-4,7,11H2,1H3. The van der Waals surface area contributed by atoms with E-state index >= 15 is 0 Å². The SMILES string of the molecule is COC(=O)C1(N)CCC(n2cccn2)C1. The molecule has 2 rings (SSSR count). The van der Waals surface area contributed by atoms with Crippen LogP contribution in [-0.4, -0.2) is 28.4 Å². The molecule has 1 aromatic heterocycles. The normalized spacial score (nSPS) is 30.4. The monoisotopic (exact) mass is 209 g/mol. The minimum absolute atomic E-state index is 0.212. The van der Waals surface area contributed by atoms with E-state index in [0.29, 0.717) is 12.8 Å². The molecule has 5 heteroatoms. The molecule has 1 fully saturated rings. The highest BCUT2D eigenvalue weighted by Gasteiger charge is 2.43. The topological polar surface area (TPSA) is 70.1 Å². The van der Waals surface area contributed by atoms with Crippen LogP contribution in [0.5, 0.6) is 0 Å². The summed E-state index contributed by atoms with van der Waals surface area (Å²) in [6.45, 7) is 0. The van der Waals surface area contributed by atoms with Crippen molar-refractivity contribution in [1.82, 2.24) is 9.78 Å². The quantitative estimate of drug-likeness (QED) is 0.719. The molecule has 0 amide bonds. The molecule has 1 aliphatic carbocycles. The number of rotatable bonds is 2. The number of methoxy groups -OCH3 is 1. The van der Waals surface area contributed by atoms with Crippen molar-refractivity contribution in [3.8, 4) is 0 Å². The van der Waals surface area contributed by atoms with Crippen LogP contribution in [0.2, 0.25) is 0 Å². The first-order valence-electron chi connectivity index (χ1n) is 5.02. The van der Waals surface area contributed by atoms with Crippen molar-refractivity contribution in [3.63, 3.8) is 0 Å². The fourth-order valence-electron chi connectivity index (χ4n) is 2.16. The Morgan fingerprint density at radius 1 is 1.73 bits per heavy atom. The summed E-state index contributed by atoms with van der Waals surface area (Å²) < 4.78 is 6.57. The van der Waals surface area contributed by atoms with Gasteiger partial charge >= 0.3 is 5.97 Å². The lowest BCUT2D eigenvalue weighted by atomic mass is 9.99. The summed E-state index contributed by atoms with van der Waals surface area (Å²) >= 11 is 0. The van der Waals surface area contributed by atoms with Crippen LogP contribution in [0.3, 0.4) is 0 Å². The van der Waals surface area contributed by atoms with Crippen molar-refractivity contribution < 1.29 is 9.53 Å². The zero-order valence-corrected chi connectivity index (χ0v) is 8.72. The van der Waals surface area contributed by atoms with Crippen LogP contribution < -0.4 is 5.73 Å². The van der Waals surface area contributed by atoms with Crippen LogP contribution in [0.4, 0.5) is 0 Å². The van der Waals surface area contributed by atoms with Gasteiger partial charge in [-0.1, -0.05) is 0 Å². The third-order valence-electron chi connectivity index (χ3n) is 3.01. The summed E-state index contributed by atoms with van der Waals surface area (Å²) in [4.78, 5) is 11.5. The summed E-state index contributed by atoms with van der Waals surface area (Å²) in [6.07, 6.45) is 5.75. The average molecular weight is 209 g/mol. The first-order chi connectivity index (χ1) is 7.15. The van der Waals surface area contributed by atoms with Crippen molar-refractivity contribution in [2.75, 3.05) is 7.11 Å². The van der Waals surface area contributed by atoms with Gasteiger partial charge in [0.2, 0.25) is 0 Å². The molecular formula is C10H15N3O2. The van der Waals surface area contributed by atoms with Crippen LogP contribution in [0.1, 0.15) is 25.3 Å². The molecular weight excluding hydrogens is 194 g/mol. The van der Waals surface area contributed by atoms with Gasteiger partial charge in [-0.25, -0.2) is 0 Å². The van der Waals surface area contributed by atoms with E-state index in [1.807, 2.05) is 16.9 Å². The smallest absolute Gasteiger partial charge is 0.325 e. The molecule has 0 aliphatic heterocycles. The van der Waals surface area contributed by atoms with Gasteiger partial charge < -0.3 is 10.5 Å². The number of hydrogen-bond acceptors (Lipinski definition) is 4. The highest BCUT2D eigenvalue weighted by molar-refractivity contribution is 5.80. The lowest BCUT2D eigenvalue weighted by molar-refractivity contribution is -0.146. The first-order valence-corrected chi connectivity index (χ1v) is 5.02. The lowest BCUT2D eigenvalue weighted by Crippen LogP contribution is -2.46. The van der Waals surface area contributed by atoms with Crippen molar-refractivity contribution in [3.05, 3.63) is 18.5 Å². The minimum atomic E-state index is -0.828. The fourth-order valence-corrected chi connectivity index (χ4v) is 2.16. The summed E-state index contributed by atoms with van der Waals surface area (Å²) in [5, 5.41) is 4.16. The van der Waals surface area contributed by atoms with E-state index in [4.69, 9.17) is 10.5 Å². The van der Waals surface area contributed by atoms with Crippen molar-refractivity contribution >= 4 is 5.97 Å². The molecule has 82 valence electrons. The maximum Gasteiger partial charge on any atom is 0.325 e. The molecule has 2 unspecified atom stereocenters. The van der Waals surface area contributed by atoms with Crippen LogP contribution in [-0.2, 0) is 9.53 Å². The van der Waals surface area contributed by atoms with E-state index < -0.39 is 5.54 Å². The summed E-state index contributed by atoms with van der Waals surface area (Å²) in [6, 6.07) is 2.08. The number of aromatic nitrogens is 2. The van der Waals surface area contributed by atoms with E-state index in [1.54, 1.807) is 6.20 Å². The maximum atomic E-state index is 11.5. The van der Waals surface area contributed by atoms with Gasteiger partial charge in [-0.3, -0.25) is 9.48 Å². The second-order valence-electron chi connectivity index (χ2n) is 4.03. The Morgan fingerprint density at radius 2 is 2.53 bits per heavy atom. The number of hydrogen-bond donors (Lipinski definition) is 1. The molecule has 0 spiro atoms. The molecule has 0 bridgehead atoms. The van der Waals surface area contributed by atoms with Gasteiger partial charge in [-0.15, -0.1) is 0 Å². The zero-order chi connectivity index (χ0) is 10.9. The third-order valence-corrected chi connectivity index (χ3v) is 3.01. The van der Waals surface area contributed by atoms with E-state index in [0.717, 1.165) is 6.42 Å². The van der Waals surface area contributed by atoms with Crippen LogP contribution in [0, 0.1) is 0 Å². The second-order valence-corrected chi connectivity index (χ2v) is 4.03. The average Bonchev–Trinajstić information content (AvgIpc) is 2.85. The van der Waals surface area contributed by atoms with Crippen LogP contribution >= 0.6 is 0 Å². The van der Waals surface area contributed by atoms with E-state index in [2.05, 4.69) is 5.10 Å². The van der Waals surface area contributed by atoms with E-state index in [1.165, 1.54) is 7.11 Å². The highest BCUT2D eigenvalue weighted by atomic mass is 16.5. The van der Waals surface area contributed by atoms with Gasteiger partial charge in [0.05, 0.1) is 13.2 Å². The molecule has 1 heterocycles. The number of esters is 1. The lowest BCUT2D eigenvalue weighted by Gasteiger charge is -2.20. The Balaban J connectivity index is 2.09. The van der Waals surface area contributed by atoms with E-state index in [9.17, 15) is 4.79 Å². The molecule has 1 aromatic rings. The Labute approximate surface area is 88.2 Å². The molecule has 0 radical (unpaired) electrons. The largest absolute Gasteiger partial charge is 0.468 e. The molecule has 5 nitrogen and oxygen atoms in total. The van der Waals surface area contributed by atoms with Crippen molar-refractivity contribution in [2.24, 2.45) is 5.73 Å². The minimum Gasteiger partial charge on any atom is -0.468 e. The predicted molar refractivity (Wildman–Crippen MR) is 54.0 cm³/mol. The fraction of sp³-hybridized carbons (Fsp3) is 0.600. The number of carbonyl (C=O) groups is 1. The van der Waals surface area contributed by atoms with Gasteiger partial charge in [0.25, 0.3) is 0 Å². The molecule has 1 saturated carbocycles. The molecule has 15 heavy (non-hydrogen) atoms. The Kier molecular flexibility index (Phi) is 2.48. The summed E-state index contributed by atoms with van der Waals surface area (Å²) in [5.74, 6) is -0.322. The Morgan fingerprint density at radius 3 is 3.13 bits per heavy atom. The summed E-state index contributed by atoms with van der Waals surface area (Å²) in [5.41, 5.74) is 5.17. The summed E-state index contributed by atoms with van der Waals surface area (Å²) in [7, 11) is 1.37. The Hall–Kier alpha value is -1.36. The van der Waals surface area contributed by atoms with Crippen molar-refractivity contribution in [1.29, 1.82) is 0 Å². The zero-order valence-electron chi connectivity index (χ0n) is 8.72. The molecule has 1 aliphatic rings. The molecule has 0 saturated heterocycles. The van der Waals surface area contributed by atoms with Gasteiger partial charge in [0, 0.05) is 12.4 Å². The Bertz CT molecular complexity index is 350. The number of ether oxygens (including phenoxy) is 1. The molecule has 2 atom stereocenters. The van der Waals surface area contributed by atoms with Gasteiger partial charge in [0.1, 0.15) is 5.54 Å². The highest BCUT2D eigenvalue weighted by Crippen LogP contribution is 2.36. The molecule has 0 aromatic carbocycles. The maximum absolute atomic E-state index is 11.5. The number of nitrogens with two attached hydrogens (primary N) is 1. The second kappa shape index (κ2) is 3.66. The number of carbonyl (C=O) groups excluding carboxylic acids is 1. The first kappa shape index (κ1) is 10.2. The van der Waals surface area contributed by atoms with Crippen LogP contribution in [0.25, 0.3) is 0 Å². The van der Waals surface area contributed by atoms with Gasteiger partial charge in [-0.05, 0) is 25.3 Å². The van der Waals surface area contributed by atoms with Crippen LogP contribution in [0.15, 0.2) is 18.5 Å². The van der Waals surface area contributed by atoms with E-state index in [-0.39, 0.29) is 12.0 Å². The van der Waals surface area contributed by atoms with Crippen molar-refractivity contribution in [2.45, 2.75) is 30.8 Å². The molecule has 2 N–H and O–H groups in total.